The molecule has 26 heavy (non-hydrogen) atoms. The molecule has 0 bridgehead atoms. The molecule has 8 heteroatoms. The first-order valence-electron chi connectivity index (χ1n) is 8.94. The zero-order chi connectivity index (χ0) is 19.5. The summed E-state index contributed by atoms with van der Waals surface area (Å²) in [6.45, 7) is 7.60. The summed E-state index contributed by atoms with van der Waals surface area (Å²) >= 11 is 0. The van der Waals surface area contributed by atoms with Gasteiger partial charge in [-0.15, -0.1) is 0 Å². The van der Waals surface area contributed by atoms with Crippen LogP contribution in [0.4, 0.5) is 4.79 Å². The minimum Gasteiger partial charge on any atom is -0.444 e. The van der Waals surface area contributed by atoms with E-state index in [2.05, 4.69) is 5.32 Å². The molecule has 0 aromatic carbocycles. The summed E-state index contributed by atoms with van der Waals surface area (Å²) in [5, 5.41) is 2.87. The van der Waals surface area contributed by atoms with Crippen LogP contribution in [0.25, 0.3) is 0 Å². The van der Waals surface area contributed by atoms with E-state index in [-0.39, 0.29) is 30.0 Å². The number of likely N-dealkylation sites (tertiary alicyclic amines) is 2. The average molecular weight is 366 g/mol. The molecule has 1 N–H and O–H groups in total. The summed E-state index contributed by atoms with van der Waals surface area (Å²) in [5.74, 6) is -0.170. The molecule has 2 saturated heterocycles. The minimum absolute atomic E-state index is 0.00111. The first-order chi connectivity index (χ1) is 12.0. The molecule has 1 unspecified atom stereocenters. The Bertz CT molecular complexity index is 576. The molecule has 0 aromatic rings. The maximum atomic E-state index is 12.2. The maximum absolute atomic E-state index is 12.2. The lowest BCUT2D eigenvalue weighted by atomic mass is 10.1. The third-order valence-corrected chi connectivity index (χ3v) is 4.20. The van der Waals surface area contributed by atoms with Gasteiger partial charge in [-0.25, -0.2) is 4.79 Å². The number of hydrogen-bond acceptors (Lipinski definition) is 5. The molecular weight excluding hydrogens is 336 g/mol. The van der Waals surface area contributed by atoms with Gasteiger partial charge in [-0.3, -0.25) is 9.59 Å². The van der Waals surface area contributed by atoms with E-state index in [0.29, 0.717) is 32.6 Å². The number of likely N-dealkylation sites (N-methyl/N-ethyl adjacent to an activating group) is 1. The van der Waals surface area contributed by atoms with Gasteiger partial charge in [0.15, 0.2) is 0 Å². The zero-order valence-corrected chi connectivity index (χ0v) is 16.3. The second-order valence-corrected chi connectivity index (χ2v) is 8.16. The first kappa shape index (κ1) is 20.2. The van der Waals surface area contributed by atoms with Gasteiger partial charge in [-0.1, -0.05) is 6.08 Å². The van der Waals surface area contributed by atoms with E-state index >= 15 is 0 Å². The molecule has 3 amide bonds. The van der Waals surface area contributed by atoms with Crippen molar-refractivity contribution in [2.45, 2.75) is 44.9 Å². The van der Waals surface area contributed by atoms with Crippen LogP contribution in [-0.4, -0.2) is 90.6 Å². The number of nitrogens with zero attached hydrogens (tertiary/aromatic N) is 3. The summed E-state index contributed by atoms with van der Waals surface area (Å²) < 4.78 is 5.32. The monoisotopic (exact) mass is 366 g/mol. The van der Waals surface area contributed by atoms with E-state index in [1.165, 1.54) is 6.08 Å². The maximum Gasteiger partial charge on any atom is 0.410 e. The molecule has 2 rings (SSSR count). The standard InChI is InChI=1S/C18H30N4O4/c1-18(2,3)26-17(25)21-11-14(12-21)22-10-13(9-16(22)24)19-15(23)7-6-8-20(4)5/h6-7,13-14H,8-12H2,1-5H3,(H,19,23)/b7-6+. The average Bonchev–Trinajstić information content (AvgIpc) is 2.75. The van der Waals surface area contributed by atoms with Crippen molar-refractivity contribution in [3.05, 3.63) is 12.2 Å². The van der Waals surface area contributed by atoms with E-state index in [1.54, 1.807) is 15.9 Å². The third-order valence-electron chi connectivity index (χ3n) is 4.20. The van der Waals surface area contributed by atoms with Crippen molar-refractivity contribution in [2.75, 3.05) is 40.3 Å². The topological polar surface area (TPSA) is 82.2 Å². The van der Waals surface area contributed by atoms with Gasteiger partial charge < -0.3 is 24.8 Å². The molecular formula is C18H30N4O4. The van der Waals surface area contributed by atoms with Crippen LogP contribution in [0.15, 0.2) is 12.2 Å². The fraction of sp³-hybridized carbons (Fsp3) is 0.722. The smallest absolute Gasteiger partial charge is 0.410 e. The van der Waals surface area contributed by atoms with Gasteiger partial charge in [-0.2, -0.15) is 0 Å². The molecule has 0 saturated carbocycles. The van der Waals surface area contributed by atoms with Crippen LogP contribution in [0.2, 0.25) is 0 Å². The highest BCUT2D eigenvalue weighted by atomic mass is 16.6. The Morgan fingerprint density at radius 1 is 1.27 bits per heavy atom. The SMILES string of the molecule is CN(C)C/C=C/C(=O)NC1CC(=O)N(C2CN(C(=O)OC(C)(C)C)C2)C1. The first-order valence-corrected chi connectivity index (χ1v) is 8.94. The molecule has 2 fully saturated rings. The van der Waals surface area contributed by atoms with Crippen LogP contribution in [-0.2, 0) is 14.3 Å². The number of rotatable bonds is 5. The van der Waals surface area contributed by atoms with Crippen LogP contribution in [0, 0.1) is 0 Å². The number of nitrogens with one attached hydrogen (secondary N) is 1. The lowest BCUT2D eigenvalue weighted by Crippen LogP contribution is -2.62. The molecule has 2 aliphatic heterocycles. The second-order valence-electron chi connectivity index (χ2n) is 8.16. The third kappa shape index (κ3) is 5.72. The minimum atomic E-state index is -0.527. The summed E-state index contributed by atoms with van der Waals surface area (Å²) in [5.41, 5.74) is -0.527. The van der Waals surface area contributed by atoms with Crippen molar-refractivity contribution in [3.8, 4) is 0 Å². The Balaban J connectivity index is 1.76. The fourth-order valence-corrected chi connectivity index (χ4v) is 2.93. The van der Waals surface area contributed by atoms with E-state index in [4.69, 9.17) is 4.74 Å². The molecule has 0 aliphatic carbocycles. The van der Waals surface area contributed by atoms with Crippen LogP contribution in [0.5, 0.6) is 0 Å². The zero-order valence-electron chi connectivity index (χ0n) is 16.3. The van der Waals surface area contributed by atoms with Crippen LogP contribution >= 0.6 is 0 Å². The predicted octanol–water partition coefficient (Wildman–Crippen LogP) is 0.441. The Labute approximate surface area is 155 Å². The normalized spacial score (nSPS) is 21.5. The molecule has 0 aromatic heterocycles. The van der Waals surface area contributed by atoms with Gasteiger partial charge in [0.1, 0.15) is 5.60 Å². The van der Waals surface area contributed by atoms with E-state index in [1.807, 2.05) is 39.8 Å². The van der Waals surface area contributed by atoms with Gasteiger partial charge >= 0.3 is 6.09 Å². The Morgan fingerprint density at radius 3 is 2.50 bits per heavy atom. The molecule has 2 heterocycles. The van der Waals surface area contributed by atoms with Crippen molar-refractivity contribution in [3.63, 3.8) is 0 Å². The van der Waals surface area contributed by atoms with Crippen LogP contribution in [0.3, 0.4) is 0 Å². The summed E-state index contributed by atoms with van der Waals surface area (Å²) in [6, 6.07) is -0.184. The van der Waals surface area contributed by atoms with Gasteiger partial charge in [-0.05, 0) is 34.9 Å². The number of carbonyl (C=O) groups excluding carboxylic acids is 3. The van der Waals surface area contributed by atoms with E-state index in [0.717, 1.165) is 0 Å². The number of carbonyl (C=O) groups is 3. The summed E-state index contributed by atoms with van der Waals surface area (Å²) in [4.78, 5) is 41.4. The van der Waals surface area contributed by atoms with Gasteiger partial charge in [0, 0.05) is 38.7 Å². The highest BCUT2D eigenvalue weighted by Crippen LogP contribution is 2.23. The molecule has 8 nitrogen and oxygen atoms in total. The second kappa shape index (κ2) is 8.07. The Kier molecular flexibility index (Phi) is 6.28. The molecule has 2 aliphatic rings. The molecule has 0 radical (unpaired) electrons. The molecule has 146 valence electrons. The van der Waals surface area contributed by atoms with Crippen molar-refractivity contribution in [1.29, 1.82) is 0 Å². The predicted molar refractivity (Wildman–Crippen MR) is 97.5 cm³/mol. The lowest BCUT2D eigenvalue weighted by Gasteiger charge is -2.44. The summed E-state index contributed by atoms with van der Waals surface area (Å²) in [7, 11) is 3.85. The highest BCUT2D eigenvalue weighted by Gasteiger charge is 2.42. The quantitative estimate of drug-likeness (QED) is 0.714. The van der Waals surface area contributed by atoms with Crippen LogP contribution < -0.4 is 5.32 Å². The Hall–Kier alpha value is -2.09. The largest absolute Gasteiger partial charge is 0.444 e. The van der Waals surface area contributed by atoms with E-state index in [9.17, 15) is 14.4 Å². The van der Waals surface area contributed by atoms with Gasteiger partial charge in [0.2, 0.25) is 11.8 Å². The number of amides is 3. The number of ether oxygens (including phenoxy) is 1. The fourth-order valence-electron chi connectivity index (χ4n) is 2.93. The summed E-state index contributed by atoms with van der Waals surface area (Å²) in [6.07, 6.45) is 3.24. The van der Waals surface area contributed by atoms with Crippen molar-refractivity contribution < 1.29 is 19.1 Å². The van der Waals surface area contributed by atoms with Crippen molar-refractivity contribution in [1.82, 2.24) is 20.0 Å². The van der Waals surface area contributed by atoms with Crippen molar-refractivity contribution in [2.24, 2.45) is 0 Å². The van der Waals surface area contributed by atoms with E-state index < -0.39 is 5.60 Å². The lowest BCUT2D eigenvalue weighted by molar-refractivity contribution is -0.132. The highest BCUT2D eigenvalue weighted by molar-refractivity contribution is 5.89. The Morgan fingerprint density at radius 2 is 1.92 bits per heavy atom. The number of hydrogen-bond donors (Lipinski definition) is 1. The van der Waals surface area contributed by atoms with Gasteiger partial charge in [0.05, 0.1) is 12.1 Å². The van der Waals surface area contributed by atoms with Crippen LogP contribution in [0.1, 0.15) is 27.2 Å². The van der Waals surface area contributed by atoms with Crippen molar-refractivity contribution >= 4 is 17.9 Å². The van der Waals surface area contributed by atoms with Gasteiger partial charge in [0.25, 0.3) is 0 Å². The molecule has 1 atom stereocenters. The molecule has 0 spiro atoms.